The number of ether oxygens (including phenoxy) is 1. The molecule has 2 aliphatic heterocycles. The second-order valence-corrected chi connectivity index (χ2v) is 6.14. The molecule has 0 atom stereocenters. The summed E-state index contributed by atoms with van der Waals surface area (Å²) in [5.41, 5.74) is 1.39. The molecule has 0 bridgehead atoms. The van der Waals surface area contributed by atoms with Crippen LogP contribution >= 0.6 is 12.4 Å². The van der Waals surface area contributed by atoms with Crippen LogP contribution in [0.3, 0.4) is 0 Å². The third-order valence-corrected chi connectivity index (χ3v) is 4.79. The second kappa shape index (κ2) is 8.73. The molecule has 0 amide bonds. The van der Waals surface area contributed by atoms with Crippen molar-refractivity contribution in [2.45, 2.75) is 25.4 Å². The summed E-state index contributed by atoms with van der Waals surface area (Å²) in [4.78, 5) is 5.27. The Kier molecular flexibility index (Phi) is 6.96. The van der Waals surface area contributed by atoms with Gasteiger partial charge in [0.1, 0.15) is 5.75 Å². The van der Waals surface area contributed by atoms with E-state index < -0.39 is 0 Å². The monoisotopic (exact) mass is 325 g/mol. The Bertz CT molecular complexity index is 426. The SMILES string of the molecule is COc1ccc(CN2CCC(N3CCNCC3)CC2)cc1.Cl. The highest BCUT2D eigenvalue weighted by atomic mass is 35.5. The van der Waals surface area contributed by atoms with Gasteiger partial charge < -0.3 is 10.1 Å². The summed E-state index contributed by atoms with van der Waals surface area (Å²) >= 11 is 0. The Balaban J connectivity index is 0.00000176. The zero-order valence-electron chi connectivity index (χ0n) is 13.5. The fraction of sp³-hybridized carbons (Fsp3) is 0.647. The highest BCUT2D eigenvalue weighted by Crippen LogP contribution is 2.19. The van der Waals surface area contributed by atoms with E-state index in [-0.39, 0.29) is 12.4 Å². The van der Waals surface area contributed by atoms with E-state index in [0.717, 1.165) is 31.4 Å². The Labute approximate surface area is 140 Å². The molecule has 0 aromatic heterocycles. The van der Waals surface area contributed by atoms with E-state index in [1.165, 1.54) is 44.6 Å². The van der Waals surface area contributed by atoms with Crippen molar-refractivity contribution < 1.29 is 4.74 Å². The van der Waals surface area contributed by atoms with Crippen LogP contribution in [0.15, 0.2) is 24.3 Å². The molecule has 5 heteroatoms. The van der Waals surface area contributed by atoms with Crippen LogP contribution in [0.4, 0.5) is 0 Å². The molecule has 1 aromatic carbocycles. The number of piperazine rings is 1. The average molecular weight is 326 g/mol. The van der Waals surface area contributed by atoms with Crippen molar-refractivity contribution in [1.82, 2.24) is 15.1 Å². The summed E-state index contributed by atoms with van der Waals surface area (Å²) in [5, 5.41) is 3.44. The molecule has 124 valence electrons. The van der Waals surface area contributed by atoms with E-state index in [2.05, 4.69) is 39.4 Å². The quantitative estimate of drug-likeness (QED) is 0.916. The van der Waals surface area contributed by atoms with E-state index in [0.29, 0.717) is 0 Å². The van der Waals surface area contributed by atoms with Crippen molar-refractivity contribution in [3.63, 3.8) is 0 Å². The number of hydrogen-bond donors (Lipinski definition) is 1. The standard InChI is InChI=1S/C17H27N3O.ClH/c1-21-17-4-2-15(3-5-17)14-19-10-6-16(7-11-19)20-12-8-18-9-13-20;/h2-5,16,18H,6-14H2,1H3;1H. The summed E-state index contributed by atoms with van der Waals surface area (Å²) in [7, 11) is 1.72. The lowest BCUT2D eigenvalue weighted by molar-refractivity contribution is 0.0948. The number of nitrogens with zero attached hydrogens (tertiary/aromatic N) is 2. The first-order valence-corrected chi connectivity index (χ1v) is 8.15. The Hall–Kier alpha value is -0.810. The third-order valence-electron chi connectivity index (χ3n) is 4.79. The van der Waals surface area contributed by atoms with Crippen LogP contribution in [-0.4, -0.2) is 62.2 Å². The number of benzene rings is 1. The maximum absolute atomic E-state index is 5.22. The molecule has 0 radical (unpaired) electrons. The van der Waals surface area contributed by atoms with Crippen molar-refractivity contribution in [2.24, 2.45) is 0 Å². The van der Waals surface area contributed by atoms with Gasteiger partial charge in [0.15, 0.2) is 0 Å². The molecule has 2 saturated heterocycles. The van der Waals surface area contributed by atoms with Crippen LogP contribution in [0.1, 0.15) is 18.4 Å². The highest BCUT2D eigenvalue weighted by Gasteiger charge is 2.25. The minimum absolute atomic E-state index is 0. The first-order chi connectivity index (χ1) is 10.3. The van der Waals surface area contributed by atoms with Gasteiger partial charge in [-0.3, -0.25) is 9.80 Å². The lowest BCUT2D eigenvalue weighted by atomic mass is 10.0. The molecule has 22 heavy (non-hydrogen) atoms. The van der Waals surface area contributed by atoms with Gasteiger partial charge >= 0.3 is 0 Å². The van der Waals surface area contributed by atoms with Crippen molar-refractivity contribution in [3.05, 3.63) is 29.8 Å². The first kappa shape index (κ1) is 17.5. The zero-order chi connectivity index (χ0) is 14.5. The molecule has 0 saturated carbocycles. The van der Waals surface area contributed by atoms with Gasteiger partial charge in [0, 0.05) is 38.8 Å². The Morgan fingerprint density at radius 2 is 1.68 bits per heavy atom. The lowest BCUT2D eigenvalue weighted by Crippen LogP contribution is -2.51. The highest BCUT2D eigenvalue weighted by molar-refractivity contribution is 5.85. The number of methoxy groups -OCH3 is 1. The number of nitrogens with one attached hydrogen (secondary N) is 1. The Morgan fingerprint density at radius 3 is 2.27 bits per heavy atom. The molecule has 2 aliphatic rings. The van der Waals surface area contributed by atoms with Crippen LogP contribution in [-0.2, 0) is 6.54 Å². The molecule has 2 heterocycles. The van der Waals surface area contributed by atoms with Gasteiger partial charge in [0.25, 0.3) is 0 Å². The molecule has 0 unspecified atom stereocenters. The molecule has 2 fully saturated rings. The topological polar surface area (TPSA) is 27.7 Å². The van der Waals surface area contributed by atoms with E-state index in [1.54, 1.807) is 7.11 Å². The molecule has 1 aromatic rings. The van der Waals surface area contributed by atoms with Gasteiger partial charge in [-0.25, -0.2) is 0 Å². The number of hydrogen-bond acceptors (Lipinski definition) is 4. The minimum Gasteiger partial charge on any atom is -0.497 e. The van der Waals surface area contributed by atoms with Crippen LogP contribution in [0, 0.1) is 0 Å². The summed E-state index contributed by atoms with van der Waals surface area (Å²) in [6, 6.07) is 9.29. The van der Waals surface area contributed by atoms with E-state index in [9.17, 15) is 0 Å². The molecule has 0 aliphatic carbocycles. The molecule has 1 N–H and O–H groups in total. The van der Waals surface area contributed by atoms with E-state index in [4.69, 9.17) is 4.74 Å². The normalized spacial score (nSPS) is 21.3. The molecule has 3 rings (SSSR count). The average Bonchev–Trinajstić information content (AvgIpc) is 2.57. The third kappa shape index (κ3) is 4.59. The number of halogens is 1. The smallest absolute Gasteiger partial charge is 0.118 e. The molecule has 0 spiro atoms. The van der Waals surface area contributed by atoms with Crippen LogP contribution in [0.5, 0.6) is 5.75 Å². The number of piperidine rings is 1. The zero-order valence-corrected chi connectivity index (χ0v) is 14.3. The fourth-order valence-electron chi connectivity index (χ4n) is 3.48. The Morgan fingerprint density at radius 1 is 1.05 bits per heavy atom. The molecular formula is C17H28ClN3O. The van der Waals surface area contributed by atoms with Crippen LogP contribution in [0.25, 0.3) is 0 Å². The molecule has 4 nitrogen and oxygen atoms in total. The first-order valence-electron chi connectivity index (χ1n) is 8.15. The van der Waals surface area contributed by atoms with E-state index in [1.807, 2.05) is 0 Å². The maximum Gasteiger partial charge on any atom is 0.118 e. The van der Waals surface area contributed by atoms with Crippen molar-refractivity contribution in [3.8, 4) is 5.75 Å². The predicted molar refractivity (Wildman–Crippen MR) is 93.0 cm³/mol. The van der Waals surface area contributed by atoms with Crippen LogP contribution in [0.2, 0.25) is 0 Å². The largest absolute Gasteiger partial charge is 0.497 e. The fourth-order valence-corrected chi connectivity index (χ4v) is 3.48. The van der Waals surface area contributed by atoms with Crippen molar-refractivity contribution >= 4 is 12.4 Å². The summed E-state index contributed by atoms with van der Waals surface area (Å²) in [6.07, 6.45) is 2.63. The van der Waals surface area contributed by atoms with Gasteiger partial charge in [0.05, 0.1) is 7.11 Å². The van der Waals surface area contributed by atoms with Gasteiger partial charge in [-0.2, -0.15) is 0 Å². The maximum atomic E-state index is 5.22. The molecular weight excluding hydrogens is 298 g/mol. The van der Waals surface area contributed by atoms with Gasteiger partial charge in [-0.15, -0.1) is 12.4 Å². The second-order valence-electron chi connectivity index (χ2n) is 6.14. The van der Waals surface area contributed by atoms with Gasteiger partial charge in [-0.05, 0) is 43.6 Å². The lowest BCUT2D eigenvalue weighted by Gasteiger charge is -2.40. The van der Waals surface area contributed by atoms with E-state index >= 15 is 0 Å². The van der Waals surface area contributed by atoms with Gasteiger partial charge in [-0.1, -0.05) is 12.1 Å². The summed E-state index contributed by atoms with van der Waals surface area (Å²) in [6.45, 7) is 8.28. The summed E-state index contributed by atoms with van der Waals surface area (Å²) < 4.78 is 5.22. The predicted octanol–water partition coefficient (Wildman–Crippen LogP) is 1.99. The minimum atomic E-state index is 0. The van der Waals surface area contributed by atoms with Crippen molar-refractivity contribution in [1.29, 1.82) is 0 Å². The van der Waals surface area contributed by atoms with Crippen molar-refractivity contribution in [2.75, 3.05) is 46.4 Å². The summed E-state index contributed by atoms with van der Waals surface area (Å²) in [5.74, 6) is 0.941. The van der Waals surface area contributed by atoms with Crippen LogP contribution < -0.4 is 10.1 Å². The van der Waals surface area contributed by atoms with Gasteiger partial charge in [0.2, 0.25) is 0 Å². The number of likely N-dealkylation sites (tertiary alicyclic amines) is 1. The number of rotatable bonds is 4.